The Hall–Kier alpha value is -2.14. The molecule has 2 heterocycles. The van der Waals surface area contributed by atoms with Crippen LogP contribution < -0.4 is 5.73 Å². The van der Waals surface area contributed by atoms with Crippen molar-refractivity contribution in [3.8, 4) is 22.8 Å². The van der Waals surface area contributed by atoms with Crippen LogP contribution in [0.1, 0.15) is 11.1 Å². The molecule has 0 unspecified atom stereocenters. The average Bonchev–Trinajstić information content (AvgIpc) is 2.97. The number of nitrogen functional groups attached to an aromatic ring is 1. The van der Waals surface area contributed by atoms with Crippen molar-refractivity contribution in [2.75, 3.05) is 5.73 Å². The summed E-state index contributed by atoms with van der Waals surface area (Å²) in [5, 5.41) is 8.15. The zero-order valence-electron chi connectivity index (χ0n) is 10.7. The summed E-state index contributed by atoms with van der Waals surface area (Å²) in [7, 11) is 0. The van der Waals surface area contributed by atoms with Crippen molar-refractivity contribution in [3.05, 3.63) is 40.1 Å². The summed E-state index contributed by atoms with van der Waals surface area (Å²) in [4.78, 5) is 4.46. The van der Waals surface area contributed by atoms with Crippen LogP contribution in [0.4, 0.5) is 5.69 Å². The lowest BCUT2D eigenvalue weighted by molar-refractivity contribution is 0.432. The molecule has 0 spiro atoms. The number of nitrogens with zero attached hydrogens (tertiary/aromatic N) is 2. The molecule has 3 aromatic rings. The van der Waals surface area contributed by atoms with Gasteiger partial charge in [-0.1, -0.05) is 5.16 Å². The Morgan fingerprint density at radius 1 is 1.11 bits per heavy atom. The summed E-state index contributed by atoms with van der Waals surface area (Å²) in [6.45, 7) is 4.02. The number of aromatic nitrogens is 2. The molecule has 3 rings (SSSR count). The molecule has 0 amide bonds. The monoisotopic (exact) mass is 271 g/mol. The van der Waals surface area contributed by atoms with Gasteiger partial charge in [0.1, 0.15) is 0 Å². The van der Waals surface area contributed by atoms with Gasteiger partial charge in [-0.2, -0.15) is 16.3 Å². The van der Waals surface area contributed by atoms with Crippen molar-refractivity contribution in [1.82, 2.24) is 10.1 Å². The van der Waals surface area contributed by atoms with E-state index in [0.717, 1.165) is 27.9 Å². The Morgan fingerprint density at radius 3 is 2.63 bits per heavy atom. The highest BCUT2D eigenvalue weighted by molar-refractivity contribution is 7.08. The summed E-state index contributed by atoms with van der Waals surface area (Å²) in [5.41, 5.74) is 10.6. The van der Waals surface area contributed by atoms with Crippen LogP contribution in [-0.2, 0) is 0 Å². The molecule has 19 heavy (non-hydrogen) atoms. The van der Waals surface area contributed by atoms with Crippen LogP contribution in [0.15, 0.2) is 33.5 Å². The van der Waals surface area contributed by atoms with E-state index in [1.165, 1.54) is 0 Å². The highest BCUT2D eigenvalue weighted by Crippen LogP contribution is 2.28. The Balaban J connectivity index is 2.04. The highest BCUT2D eigenvalue weighted by atomic mass is 32.1. The fraction of sp³-hybridized carbons (Fsp3) is 0.143. The van der Waals surface area contributed by atoms with Gasteiger partial charge in [0, 0.05) is 22.2 Å². The van der Waals surface area contributed by atoms with E-state index < -0.39 is 0 Å². The maximum atomic E-state index is 5.74. The van der Waals surface area contributed by atoms with Crippen LogP contribution in [0, 0.1) is 13.8 Å². The molecule has 0 atom stereocenters. The third-order valence-corrected chi connectivity index (χ3v) is 3.86. The zero-order chi connectivity index (χ0) is 13.4. The Labute approximate surface area is 114 Å². The molecule has 0 radical (unpaired) electrons. The van der Waals surface area contributed by atoms with E-state index in [2.05, 4.69) is 15.5 Å². The molecule has 96 valence electrons. The van der Waals surface area contributed by atoms with Crippen LogP contribution in [0.2, 0.25) is 0 Å². The van der Waals surface area contributed by atoms with Gasteiger partial charge in [-0.15, -0.1) is 0 Å². The summed E-state index contributed by atoms with van der Waals surface area (Å²) >= 11 is 1.63. The molecule has 0 aliphatic rings. The predicted molar refractivity (Wildman–Crippen MR) is 76.9 cm³/mol. The standard InChI is InChI=1S/C14H13N3OS/c1-8-5-10(15)3-4-11(8)14-16-13(17-18-14)12-7-19-6-9(12)2/h3-7H,15H2,1-2H3. The molecular weight excluding hydrogens is 258 g/mol. The minimum Gasteiger partial charge on any atom is -0.399 e. The Bertz CT molecular complexity index is 730. The number of benzene rings is 1. The fourth-order valence-corrected chi connectivity index (χ4v) is 2.79. The SMILES string of the molecule is Cc1cscc1-c1noc(-c2ccc(N)cc2C)n1. The molecule has 5 heteroatoms. The van der Waals surface area contributed by atoms with Crippen LogP contribution in [0.25, 0.3) is 22.8 Å². The predicted octanol–water partition coefficient (Wildman–Crippen LogP) is 3.66. The number of nitrogens with two attached hydrogens (primary N) is 1. The van der Waals surface area contributed by atoms with Gasteiger partial charge >= 0.3 is 0 Å². The largest absolute Gasteiger partial charge is 0.399 e. The first-order valence-corrected chi connectivity index (χ1v) is 6.83. The van der Waals surface area contributed by atoms with E-state index in [9.17, 15) is 0 Å². The molecule has 0 saturated carbocycles. The number of thiophene rings is 1. The van der Waals surface area contributed by atoms with Gasteiger partial charge in [0.05, 0.1) is 0 Å². The lowest BCUT2D eigenvalue weighted by Crippen LogP contribution is -1.88. The minimum atomic E-state index is 0.526. The highest BCUT2D eigenvalue weighted by Gasteiger charge is 2.14. The number of rotatable bonds is 2. The van der Waals surface area contributed by atoms with E-state index in [-0.39, 0.29) is 0 Å². The quantitative estimate of drug-likeness (QED) is 0.722. The normalized spacial score (nSPS) is 10.8. The second kappa shape index (κ2) is 4.51. The van der Waals surface area contributed by atoms with Gasteiger partial charge in [0.2, 0.25) is 5.82 Å². The molecule has 2 aromatic heterocycles. The lowest BCUT2D eigenvalue weighted by atomic mass is 10.1. The first-order valence-electron chi connectivity index (χ1n) is 5.88. The second-order valence-electron chi connectivity index (χ2n) is 4.47. The van der Waals surface area contributed by atoms with E-state index in [0.29, 0.717) is 11.7 Å². The molecule has 1 aromatic carbocycles. The summed E-state index contributed by atoms with van der Waals surface area (Å²) in [5.74, 6) is 1.16. The molecule has 0 aliphatic carbocycles. The molecule has 2 N–H and O–H groups in total. The van der Waals surface area contributed by atoms with Crippen LogP contribution in [0.5, 0.6) is 0 Å². The molecule has 0 saturated heterocycles. The summed E-state index contributed by atoms with van der Waals surface area (Å²) in [6.07, 6.45) is 0. The molecule has 0 aliphatic heterocycles. The van der Waals surface area contributed by atoms with E-state index >= 15 is 0 Å². The Morgan fingerprint density at radius 2 is 1.95 bits per heavy atom. The van der Waals surface area contributed by atoms with Gasteiger partial charge in [0.15, 0.2) is 0 Å². The van der Waals surface area contributed by atoms with Crippen LogP contribution >= 0.6 is 11.3 Å². The minimum absolute atomic E-state index is 0.526. The molecule has 0 bridgehead atoms. The second-order valence-corrected chi connectivity index (χ2v) is 5.21. The van der Waals surface area contributed by atoms with Gasteiger partial charge < -0.3 is 10.3 Å². The number of hydrogen-bond acceptors (Lipinski definition) is 5. The van der Waals surface area contributed by atoms with Crippen molar-refractivity contribution in [1.29, 1.82) is 0 Å². The first-order chi connectivity index (χ1) is 9.15. The molecule has 0 fully saturated rings. The molecular formula is C14H13N3OS. The van der Waals surface area contributed by atoms with Gasteiger partial charge in [-0.05, 0) is 48.6 Å². The third-order valence-electron chi connectivity index (χ3n) is 3.00. The fourth-order valence-electron chi connectivity index (χ4n) is 1.96. The first kappa shape index (κ1) is 11.9. The maximum absolute atomic E-state index is 5.74. The van der Waals surface area contributed by atoms with Crippen LogP contribution in [0.3, 0.4) is 0 Å². The average molecular weight is 271 g/mol. The molecule has 4 nitrogen and oxygen atoms in total. The lowest BCUT2D eigenvalue weighted by Gasteiger charge is -2.01. The van der Waals surface area contributed by atoms with E-state index in [1.807, 2.05) is 37.4 Å². The van der Waals surface area contributed by atoms with Crippen molar-refractivity contribution >= 4 is 17.0 Å². The zero-order valence-corrected chi connectivity index (χ0v) is 11.5. The smallest absolute Gasteiger partial charge is 0.258 e. The summed E-state index contributed by atoms with van der Waals surface area (Å²) < 4.78 is 5.35. The van der Waals surface area contributed by atoms with Crippen molar-refractivity contribution in [2.24, 2.45) is 0 Å². The number of anilines is 1. The van der Waals surface area contributed by atoms with E-state index in [1.54, 1.807) is 11.3 Å². The number of hydrogen-bond donors (Lipinski definition) is 1. The van der Waals surface area contributed by atoms with Crippen molar-refractivity contribution < 1.29 is 4.52 Å². The third kappa shape index (κ3) is 2.13. The van der Waals surface area contributed by atoms with E-state index in [4.69, 9.17) is 10.3 Å². The van der Waals surface area contributed by atoms with Crippen LogP contribution in [-0.4, -0.2) is 10.1 Å². The number of aryl methyl sites for hydroxylation is 2. The van der Waals surface area contributed by atoms with Crippen molar-refractivity contribution in [3.63, 3.8) is 0 Å². The topological polar surface area (TPSA) is 64.9 Å². The van der Waals surface area contributed by atoms with Crippen molar-refractivity contribution in [2.45, 2.75) is 13.8 Å². The summed E-state index contributed by atoms with van der Waals surface area (Å²) in [6, 6.07) is 5.64. The maximum Gasteiger partial charge on any atom is 0.258 e. The Kier molecular flexibility index (Phi) is 2.83. The van der Waals surface area contributed by atoms with Gasteiger partial charge in [0.25, 0.3) is 5.89 Å². The van der Waals surface area contributed by atoms with Gasteiger partial charge in [-0.3, -0.25) is 0 Å². The van der Waals surface area contributed by atoms with Gasteiger partial charge in [-0.25, -0.2) is 0 Å².